The van der Waals surface area contributed by atoms with E-state index in [1.807, 2.05) is 12.2 Å². The maximum Gasteiger partial charge on any atom is 0.534 e. The van der Waals surface area contributed by atoms with Gasteiger partial charge in [-0.05, 0) is 124 Å². The number of aliphatic hydroxyl groups is 1. The second-order valence-corrected chi connectivity index (χ2v) is 48.3. The van der Waals surface area contributed by atoms with Gasteiger partial charge < -0.3 is 45.9 Å². The van der Waals surface area contributed by atoms with Crippen LogP contribution in [0.1, 0.15) is 148 Å². The van der Waals surface area contributed by atoms with Crippen LogP contribution in [0.25, 0.3) is 0 Å². The summed E-state index contributed by atoms with van der Waals surface area (Å²) in [5.74, 6) is -1.19. The largest absolute Gasteiger partial charge is 0.534 e. The summed E-state index contributed by atoms with van der Waals surface area (Å²) < 4.78 is 125. The number of halogens is 4. The van der Waals surface area contributed by atoms with Gasteiger partial charge in [0, 0.05) is 23.4 Å². The summed E-state index contributed by atoms with van der Waals surface area (Å²) in [5.41, 5.74) is -6.19. The standard InChI is InChI=1S/C54H102F3IO12SSi4/c1-21-75(22-2,23-3)62-33-32-40-27-30-43-46(64-40)48(69-73(17,18)51(9,10)11)49(70-74(19,20)52(12,13)14)47(65-43)44(68-72(15,16)50(6,7)8)29-25-39(59)24-26-42-35-53(36-58)45(63-42)31-28-41(66-53)34-37(4)38(5)67-71(60,61)54(55,56)57/h25,29,37,39-49,59H,5,21-24,26-28,30-36H2,1-4,6-20H3/b29-25+/t37-,39?,40-,41-,42+,43+,44?,45+,46?,47?,48+,49-,53-/m1/s1. The average Bonchev–Trinajstić information content (AvgIpc) is 3.66. The summed E-state index contributed by atoms with van der Waals surface area (Å²) in [4.78, 5) is 0. The molecule has 75 heavy (non-hydrogen) atoms. The van der Waals surface area contributed by atoms with Crippen molar-refractivity contribution in [2.75, 3.05) is 11.0 Å². The second-order valence-electron chi connectivity index (χ2n) is 26.9. The number of ether oxygens (including phenoxy) is 4. The molecule has 13 atom stereocenters. The monoisotopic (exact) mass is 1270 g/mol. The third-order valence-corrected chi connectivity index (χ3v) is 38.9. The van der Waals surface area contributed by atoms with Crippen molar-refractivity contribution >= 4 is 66.0 Å². The van der Waals surface area contributed by atoms with Crippen LogP contribution < -0.4 is 0 Å². The zero-order valence-corrected chi connectivity index (χ0v) is 56.5. The van der Waals surface area contributed by atoms with Gasteiger partial charge in [-0.3, -0.25) is 0 Å². The molecule has 0 aromatic rings. The molecule has 0 aliphatic carbocycles. The summed E-state index contributed by atoms with van der Waals surface area (Å²) >= 11 is 2.30. The van der Waals surface area contributed by atoms with E-state index in [9.17, 15) is 26.7 Å². The SMILES string of the molecule is C=C(OS(=O)(=O)C(F)(F)F)[C@H](C)C[C@H]1CC[C@@H]2O[C@@H](CCC(O)/C=C/C(O[Si](C)(C)C(C)(C)C)C3O[C@H]4CC[C@H](CCO[Si](CC)(CC)CC)OC4[C@H](O[Si](C)(C)C(C)(C)C)[C@@H]3O[Si](C)(C)C(C)(C)C)C[C@]2(CI)O1. The summed E-state index contributed by atoms with van der Waals surface area (Å²) in [5, 5.41) is 11.5. The van der Waals surface area contributed by atoms with Crippen LogP contribution in [0.5, 0.6) is 0 Å². The Balaban J connectivity index is 1.64. The van der Waals surface area contributed by atoms with E-state index < -0.39 is 96.7 Å². The predicted octanol–water partition coefficient (Wildman–Crippen LogP) is 14.5. The highest BCUT2D eigenvalue weighted by Gasteiger charge is 2.58. The Morgan fingerprint density at radius 2 is 1.32 bits per heavy atom. The third kappa shape index (κ3) is 16.9. The molecule has 440 valence electrons. The molecule has 4 aliphatic rings. The average molecular weight is 1270 g/mol. The number of fused-ring (bicyclic) bond motifs is 2. The van der Waals surface area contributed by atoms with Gasteiger partial charge in [0.15, 0.2) is 33.3 Å². The van der Waals surface area contributed by atoms with Crippen molar-refractivity contribution in [3.63, 3.8) is 0 Å². The number of allylic oxidation sites excluding steroid dienone is 1. The lowest BCUT2D eigenvalue weighted by atomic mass is 9.85. The molecule has 0 saturated carbocycles. The normalized spacial score (nSPS) is 30.2. The van der Waals surface area contributed by atoms with Gasteiger partial charge >= 0.3 is 15.6 Å². The molecule has 4 saturated heterocycles. The van der Waals surface area contributed by atoms with Crippen molar-refractivity contribution in [2.24, 2.45) is 5.92 Å². The van der Waals surface area contributed by atoms with Crippen LogP contribution >= 0.6 is 22.6 Å². The molecular formula is C54H102F3IO12SSi4. The van der Waals surface area contributed by atoms with Crippen molar-refractivity contribution < 1.29 is 67.5 Å². The Kier molecular flexibility index (Phi) is 23.3. The minimum Gasteiger partial charge on any atom is -0.417 e. The lowest BCUT2D eigenvalue weighted by Gasteiger charge is -2.56. The van der Waals surface area contributed by atoms with E-state index >= 15 is 0 Å². The first-order chi connectivity index (χ1) is 34.1. The zero-order valence-electron chi connectivity index (χ0n) is 49.5. The number of hydrogen-bond donors (Lipinski definition) is 1. The Morgan fingerprint density at radius 3 is 1.84 bits per heavy atom. The van der Waals surface area contributed by atoms with E-state index in [0.29, 0.717) is 43.1 Å². The second kappa shape index (κ2) is 25.8. The Hall–Kier alpha value is 0.258. The van der Waals surface area contributed by atoms with Gasteiger partial charge in [0.1, 0.15) is 35.8 Å². The molecule has 0 radical (unpaired) electrons. The zero-order chi connectivity index (χ0) is 57.2. The minimum absolute atomic E-state index is 0.00316. The first-order valence-electron chi connectivity index (χ1n) is 28.1. The van der Waals surface area contributed by atoms with E-state index in [-0.39, 0.29) is 58.2 Å². The van der Waals surface area contributed by atoms with E-state index in [4.69, 9.17) is 36.7 Å². The Labute approximate surface area is 470 Å². The third-order valence-electron chi connectivity index (χ3n) is 18.5. The predicted molar refractivity (Wildman–Crippen MR) is 313 cm³/mol. The number of rotatable bonds is 25. The molecule has 4 aliphatic heterocycles. The van der Waals surface area contributed by atoms with Crippen LogP contribution in [0.4, 0.5) is 13.2 Å². The van der Waals surface area contributed by atoms with Crippen molar-refractivity contribution in [3.8, 4) is 0 Å². The molecule has 0 amide bonds. The smallest absolute Gasteiger partial charge is 0.417 e. The fourth-order valence-electron chi connectivity index (χ4n) is 10.1. The fraction of sp³-hybridized carbons (Fsp3) is 0.926. The molecule has 4 fully saturated rings. The van der Waals surface area contributed by atoms with Crippen molar-refractivity contribution in [1.29, 1.82) is 0 Å². The number of alkyl halides is 4. The summed E-state index contributed by atoms with van der Waals surface area (Å²) in [6.45, 7) is 46.6. The van der Waals surface area contributed by atoms with Crippen LogP contribution in [0.15, 0.2) is 24.5 Å². The van der Waals surface area contributed by atoms with E-state index in [1.165, 1.54) is 0 Å². The van der Waals surface area contributed by atoms with Crippen LogP contribution in [-0.2, 0) is 51.0 Å². The van der Waals surface area contributed by atoms with Gasteiger partial charge in [0.05, 0.1) is 42.7 Å². The number of aliphatic hydroxyl groups excluding tert-OH is 1. The van der Waals surface area contributed by atoms with Crippen molar-refractivity contribution in [2.45, 2.75) is 299 Å². The Morgan fingerprint density at radius 1 is 0.773 bits per heavy atom. The first kappa shape index (κ1) is 67.8. The van der Waals surface area contributed by atoms with Gasteiger partial charge in [-0.25, -0.2) is 0 Å². The van der Waals surface area contributed by atoms with Crippen molar-refractivity contribution in [1.82, 2.24) is 0 Å². The van der Waals surface area contributed by atoms with Gasteiger partial charge in [0.2, 0.25) is 0 Å². The van der Waals surface area contributed by atoms with E-state index in [2.05, 4.69) is 156 Å². The van der Waals surface area contributed by atoms with Crippen LogP contribution in [0, 0.1) is 5.92 Å². The highest BCUT2D eigenvalue weighted by atomic mass is 127. The molecule has 0 spiro atoms. The van der Waals surface area contributed by atoms with Gasteiger partial charge in [-0.15, -0.1) is 0 Å². The highest BCUT2D eigenvalue weighted by Crippen LogP contribution is 2.49. The minimum atomic E-state index is -5.82. The Bertz CT molecular complexity index is 1980. The van der Waals surface area contributed by atoms with Gasteiger partial charge in [-0.2, -0.15) is 21.6 Å². The topological polar surface area (TPSA) is 137 Å². The molecular weight excluding hydrogens is 1170 g/mol. The van der Waals surface area contributed by atoms with Gasteiger partial charge in [-0.1, -0.05) is 131 Å². The highest BCUT2D eigenvalue weighted by molar-refractivity contribution is 14.1. The van der Waals surface area contributed by atoms with E-state index in [1.54, 1.807) is 6.92 Å². The van der Waals surface area contributed by atoms with Gasteiger partial charge in [0.25, 0.3) is 0 Å². The maximum atomic E-state index is 13.0. The number of hydrogen-bond acceptors (Lipinski definition) is 12. The van der Waals surface area contributed by atoms with Crippen LogP contribution in [0.3, 0.4) is 0 Å². The molecule has 21 heteroatoms. The molecule has 0 aromatic heterocycles. The molecule has 0 bridgehead atoms. The van der Waals surface area contributed by atoms with E-state index in [0.717, 1.165) is 37.4 Å². The molecule has 4 rings (SSSR count). The van der Waals surface area contributed by atoms with Crippen molar-refractivity contribution in [3.05, 3.63) is 24.5 Å². The lowest BCUT2D eigenvalue weighted by Crippen LogP contribution is -2.69. The summed E-state index contributed by atoms with van der Waals surface area (Å²) in [6, 6.07) is 3.32. The molecule has 0 aromatic carbocycles. The molecule has 4 unspecified atom stereocenters. The van der Waals surface area contributed by atoms with Crippen LogP contribution in [0.2, 0.25) is 72.5 Å². The first-order valence-corrected chi connectivity index (χ1v) is 42.3. The summed E-state index contributed by atoms with van der Waals surface area (Å²) in [7, 11) is -15.1. The fourth-order valence-corrected chi connectivity index (χ4v) is 18.1. The maximum absolute atomic E-state index is 13.0. The molecule has 1 N–H and O–H groups in total. The molecule has 4 heterocycles. The van der Waals surface area contributed by atoms with Crippen LogP contribution in [-0.4, -0.2) is 136 Å². The lowest BCUT2D eigenvalue weighted by molar-refractivity contribution is -0.267. The molecule has 12 nitrogen and oxygen atoms in total. The quantitative estimate of drug-likeness (QED) is 0.0177. The summed E-state index contributed by atoms with van der Waals surface area (Å²) in [6.07, 6.45) is 4.99.